The van der Waals surface area contributed by atoms with Crippen LogP contribution in [0.3, 0.4) is 0 Å². The molecule has 0 aromatic rings. The zero-order valence-electron chi connectivity index (χ0n) is 50.8. The minimum absolute atomic E-state index is 0.0694. The molecule has 0 saturated heterocycles. The summed E-state index contributed by atoms with van der Waals surface area (Å²) < 4.78 is 17.0. The van der Waals surface area contributed by atoms with E-state index in [1.807, 2.05) is 0 Å². The van der Waals surface area contributed by atoms with E-state index in [0.29, 0.717) is 19.3 Å². The van der Waals surface area contributed by atoms with Crippen LogP contribution in [-0.4, -0.2) is 37.2 Å². The van der Waals surface area contributed by atoms with Gasteiger partial charge in [0, 0.05) is 19.3 Å². The second kappa shape index (κ2) is 64.4. The van der Waals surface area contributed by atoms with Gasteiger partial charge in [0.25, 0.3) is 0 Å². The van der Waals surface area contributed by atoms with E-state index in [1.165, 1.54) is 263 Å². The molecule has 0 aliphatic carbocycles. The first-order valence-corrected chi connectivity index (χ1v) is 33.8. The summed E-state index contributed by atoms with van der Waals surface area (Å²) in [6.45, 7) is 6.67. The van der Waals surface area contributed by atoms with Gasteiger partial charge in [-0.1, -0.05) is 340 Å². The van der Waals surface area contributed by atoms with Gasteiger partial charge in [0.2, 0.25) is 0 Å². The molecule has 1 unspecified atom stereocenters. The first-order valence-electron chi connectivity index (χ1n) is 33.8. The first-order chi connectivity index (χ1) is 37.0. The maximum atomic E-state index is 12.9. The van der Waals surface area contributed by atoms with Gasteiger partial charge in [0.15, 0.2) is 6.10 Å². The molecule has 0 aliphatic rings. The van der Waals surface area contributed by atoms with Crippen molar-refractivity contribution in [3.8, 4) is 0 Å². The lowest BCUT2D eigenvalue weighted by Crippen LogP contribution is -2.30. The second-order valence-electron chi connectivity index (χ2n) is 23.1. The van der Waals surface area contributed by atoms with Crippen molar-refractivity contribution in [2.75, 3.05) is 13.2 Å². The van der Waals surface area contributed by atoms with Crippen LogP contribution in [0.5, 0.6) is 0 Å². The molecule has 6 nitrogen and oxygen atoms in total. The van der Waals surface area contributed by atoms with Gasteiger partial charge in [-0.15, -0.1) is 0 Å². The molecule has 0 bridgehead atoms. The molecule has 0 radical (unpaired) electrons. The largest absolute Gasteiger partial charge is 0.462 e. The van der Waals surface area contributed by atoms with Gasteiger partial charge in [0.05, 0.1) is 0 Å². The fourth-order valence-corrected chi connectivity index (χ4v) is 10.3. The van der Waals surface area contributed by atoms with E-state index in [0.717, 1.165) is 77.0 Å². The number of allylic oxidation sites excluding steroid dienone is 4. The normalized spacial score (nSPS) is 12.1. The highest BCUT2D eigenvalue weighted by molar-refractivity contribution is 5.71. The van der Waals surface area contributed by atoms with Gasteiger partial charge in [0.1, 0.15) is 13.2 Å². The third kappa shape index (κ3) is 62.6. The molecule has 75 heavy (non-hydrogen) atoms. The number of carbonyl (C=O) groups is 3. The maximum Gasteiger partial charge on any atom is 0.306 e. The molecule has 0 amide bonds. The smallest absolute Gasteiger partial charge is 0.306 e. The van der Waals surface area contributed by atoms with E-state index < -0.39 is 6.10 Å². The van der Waals surface area contributed by atoms with Crippen molar-refractivity contribution in [1.29, 1.82) is 0 Å². The van der Waals surface area contributed by atoms with Crippen LogP contribution in [0.2, 0.25) is 0 Å². The maximum absolute atomic E-state index is 12.9. The van der Waals surface area contributed by atoms with Crippen molar-refractivity contribution < 1.29 is 28.6 Å². The molecule has 6 heteroatoms. The highest BCUT2D eigenvalue weighted by atomic mass is 16.6. The molecule has 0 saturated carbocycles. The number of unbranched alkanes of at least 4 members (excludes halogenated alkanes) is 48. The molecule has 0 heterocycles. The summed E-state index contributed by atoms with van der Waals surface area (Å²) in [4.78, 5) is 38.4. The second-order valence-corrected chi connectivity index (χ2v) is 23.1. The van der Waals surface area contributed by atoms with Crippen LogP contribution in [0.1, 0.15) is 380 Å². The number of hydrogen-bond donors (Lipinski definition) is 0. The highest BCUT2D eigenvalue weighted by Crippen LogP contribution is 2.19. The Morgan fingerprint density at radius 1 is 0.267 bits per heavy atom. The summed E-state index contributed by atoms with van der Waals surface area (Å²) >= 11 is 0. The molecule has 0 N–H and O–H groups in total. The van der Waals surface area contributed by atoms with E-state index in [2.05, 4.69) is 45.1 Å². The fraction of sp³-hybridized carbons (Fsp3) is 0.899. The monoisotopic (exact) mass is 1050 g/mol. The van der Waals surface area contributed by atoms with Crippen molar-refractivity contribution >= 4 is 17.9 Å². The molecular weight excluding hydrogens is 925 g/mol. The average Bonchev–Trinajstić information content (AvgIpc) is 3.41. The summed E-state index contributed by atoms with van der Waals surface area (Å²) in [7, 11) is 0. The number of ether oxygens (including phenoxy) is 3. The summed E-state index contributed by atoms with van der Waals surface area (Å²) in [6, 6.07) is 0. The van der Waals surface area contributed by atoms with Crippen LogP contribution in [0, 0.1) is 0 Å². The molecule has 442 valence electrons. The van der Waals surface area contributed by atoms with Crippen LogP contribution in [-0.2, 0) is 28.6 Å². The van der Waals surface area contributed by atoms with Gasteiger partial charge in [-0.2, -0.15) is 0 Å². The zero-order chi connectivity index (χ0) is 54.3. The Labute approximate surface area is 468 Å². The van der Waals surface area contributed by atoms with Crippen molar-refractivity contribution in [2.24, 2.45) is 0 Å². The van der Waals surface area contributed by atoms with Crippen LogP contribution in [0.4, 0.5) is 0 Å². The molecule has 0 spiro atoms. The number of esters is 3. The minimum atomic E-state index is -0.773. The number of carbonyl (C=O) groups excluding carboxylic acids is 3. The quantitative estimate of drug-likeness (QED) is 0.0261. The van der Waals surface area contributed by atoms with Crippen LogP contribution < -0.4 is 0 Å². The topological polar surface area (TPSA) is 78.9 Å². The third-order valence-electron chi connectivity index (χ3n) is 15.5. The van der Waals surface area contributed by atoms with Crippen molar-refractivity contribution in [3.05, 3.63) is 24.3 Å². The summed E-state index contributed by atoms with van der Waals surface area (Å²) in [6.07, 6.45) is 77.7. The molecule has 0 aromatic heterocycles. The van der Waals surface area contributed by atoms with Crippen LogP contribution >= 0.6 is 0 Å². The lowest BCUT2D eigenvalue weighted by Gasteiger charge is -2.18. The standard InChI is InChI=1S/C69H130O6/c1-4-7-10-13-16-19-22-25-28-30-32-34-36-37-39-41-44-47-50-53-56-59-62-68(71)74-65-66(64-73-67(70)61-58-55-52-49-46-43-27-24-21-18-15-12-9-6-3)75-69(72)63-60-57-54-51-48-45-42-40-38-35-33-31-29-26-23-20-17-14-11-8-5-2/h15,18,24,27,66H,4-14,16-17,19-23,25-26,28-65H2,1-3H3/b18-15-,27-24-. The lowest BCUT2D eigenvalue weighted by molar-refractivity contribution is -0.167. The van der Waals surface area contributed by atoms with E-state index in [4.69, 9.17) is 14.2 Å². The Balaban J connectivity index is 4.26. The fourth-order valence-electron chi connectivity index (χ4n) is 10.3. The molecule has 0 fully saturated rings. The first kappa shape index (κ1) is 72.9. The minimum Gasteiger partial charge on any atom is -0.462 e. The van der Waals surface area contributed by atoms with Gasteiger partial charge >= 0.3 is 17.9 Å². The Kier molecular flexibility index (Phi) is 62.6. The molecule has 0 rings (SSSR count). The number of rotatable bonds is 63. The molecule has 0 aliphatic heterocycles. The van der Waals surface area contributed by atoms with E-state index in [9.17, 15) is 14.4 Å². The summed E-state index contributed by atoms with van der Waals surface area (Å²) in [5, 5.41) is 0. The van der Waals surface area contributed by atoms with Crippen molar-refractivity contribution in [1.82, 2.24) is 0 Å². The van der Waals surface area contributed by atoms with Crippen LogP contribution in [0.25, 0.3) is 0 Å². The molecule has 0 aromatic carbocycles. The molecular formula is C69H130O6. The number of hydrogen-bond acceptors (Lipinski definition) is 6. The predicted molar refractivity (Wildman–Crippen MR) is 326 cm³/mol. The van der Waals surface area contributed by atoms with Gasteiger partial charge < -0.3 is 14.2 Å². The van der Waals surface area contributed by atoms with E-state index in [-0.39, 0.29) is 31.1 Å². The highest BCUT2D eigenvalue weighted by Gasteiger charge is 2.19. The van der Waals surface area contributed by atoms with E-state index in [1.54, 1.807) is 0 Å². The Hall–Kier alpha value is -2.11. The average molecular weight is 1060 g/mol. The SMILES string of the molecule is CCCC/C=C\C/C=C\CCCCCCCC(=O)OCC(COC(=O)CCCCCCCCCCCCCCCCCCCCCCCC)OC(=O)CCCCCCCCCCCCCCCCCCCCCCC. The van der Waals surface area contributed by atoms with Crippen molar-refractivity contribution in [2.45, 2.75) is 386 Å². The predicted octanol–water partition coefficient (Wildman–Crippen LogP) is 23.0. The van der Waals surface area contributed by atoms with Gasteiger partial charge in [-0.3, -0.25) is 14.4 Å². The Morgan fingerprint density at radius 3 is 0.773 bits per heavy atom. The van der Waals surface area contributed by atoms with Crippen molar-refractivity contribution in [3.63, 3.8) is 0 Å². The van der Waals surface area contributed by atoms with Crippen LogP contribution in [0.15, 0.2) is 24.3 Å². The van der Waals surface area contributed by atoms with E-state index >= 15 is 0 Å². The molecule has 1 atom stereocenters. The summed E-state index contributed by atoms with van der Waals surface area (Å²) in [5.41, 5.74) is 0. The Bertz CT molecular complexity index is 1210. The zero-order valence-corrected chi connectivity index (χ0v) is 50.8. The Morgan fingerprint density at radius 2 is 0.493 bits per heavy atom. The summed E-state index contributed by atoms with van der Waals surface area (Å²) in [5.74, 6) is -0.853. The van der Waals surface area contributed by atoms with Gasteiger partial charge in [-0.05, 0) is 44.9 Å². The van der Waals surface area contributed by atoms with Gasteiger partial charge in [-0.25, -0.2) is 0 Å². The third-order valence-corrected chi connectivity index (χ3v) is 15.5. The lowest BCUT2D eigenvalue weighted by atomic mass is 10.0.